The summed E-state index contributed by atoms with van der Waals surface area (Å²) < 4.78 is 13.0. The molecule has 2 rings (SSSR count). The molecule has 21 heavy (non-hydrogen) atoms. The Balaban J connectivity index is 1.92. The fraction of sp³-hybridized carbons (Fsp3) is 0.562. The van der Waals surface area contributed by atoms with Crippen molar-refractivity contribution in [3.05, 3.63) is 29.0 Å². The summed E-state index contributed by atoms with van der Waals surface area (Å²) in [6, 6.07) is 4.30. The zero-order valence-electron chi connectivity index (χ0n) is 12.5. The highest BCUT2D eigenvalue weighted by Crippen LogP contribution is 2.23. The number of hydrogen-bond donors (Lipinski definition) is 2. The third-order valence-corrected chi connectivity index (χ3v) is 4.63. The second-order valence-corrected chi connectivity index (χ2v) is 6.43. The van der Waals surface area contributed by atoms with Crippen LogP contribution in [0.2, 0.25) is 5.02 Å². The van der Waals surface area contributed by atoms with Crippen LogP contribution in [-0.2, 0) is 4.79 Å². The van der Waals surface area contributed by atoms with Crippen molar-refractivity contribution in [2.45, 2.75) is 51.6 Å². The molecular weight excluding hydrogens is 291 g/mol. The molecule has 0 bridgehead atoms. The summed E-state index contributed by atoms with van der Waals surface area (Å²) in [5.74, 6) is 0.137. The average Bonchev–Trinajstić information content (AvgIpc) is 2.44. The van der Waals surface area contributed by atoms with Gasteiger partial charge in [0, 0.05) is 5.92 Å². The second-order valence-electron chi connectivity index (χ2n) is 6.02. The average molecular weight is 314 g/mol. The van der Waals surface area contributed by atoms with Crippen LogP contribution in [0, 0.1) is 11.7 Å². The van der Waals surface area contributed by atoms with Crippen LogP contribution < -0.4 is 10.6 Å². The van der Waals surface area contributed by atoms with Crippen LogP contribution in [-0.4, -0.2) is 18.0 Å². The summed E-state index contributed by atoms with van der Waals surface area (Å²) in [7, 11) is 0. The van der Waals surface area contributed by atoms with E-state index in [9.17, 15) is 9.18 Å². The molecule has 3 nitrogen and oxygen atoms in total. The van der Waals surface area contributed by atoms with Gasteiger partial charge in [-0.2, -0.15) is 0 Å². The van der Waals surface area contributed by atoms with Gasteiger partial charge in [0.2, 0.25) is 0 Å². The van der Waals surface area contributed by atoms with Crippen LogP contribution in [0.4, 0.5) is 10.1 Å². The van der Waals surface area contributed by atoms with Crippen molar-refractivity contribution in [3.63, 3.8) is 0 Å². The molecule has 0 aliphatic heterocycles. The van der Waals surface area contributed by atoms with Gasteiger partial charge in [0.25, 0.3) is 5.91 Å². The second kappa shape index (κ2) is 7.23. The molecular formula is C16H23ClFN2O+. The lowest BCUT2D eigenvalue weighted by Gasteiger charge is -2.28. The Morgan fingerprint density at radius 2 is 2.14 bits per heavy atom. The van der Waals surface area contributed by atoms with Gasteiger partial charge in [-0.05, 0) is 44.4 Å². The van der Waals surface area contributed by atoms with Crippen molar-refractivity contribution in [1.82, 2.24) is 0 Å². The number of anilines is 1. The van der Waals surface area contributed by atoms with Crippen LogP contribution in [0.5, 0.6) is 0 Å². The maximum Gasteiger partial charge on any atom is 0.282 e. The Bertz CT molecular complexity index is 509. The summed E-state index contributed by atoms with van der Waals surface area (Å²) in [5, 5.41) is 5.15. The first-order chi connectivity index (χ1) is 9.97. The van der Waals surface area contributed by atoms with Crippen LogP contribution in [0.1, 0.15) is 39.5 Å². The summed E-state index contributed by atoms with van der Waals surface area (Å²) in [6.07, 6.45) is 4.93. The van der Waals surface area contributed by atoms with Gasteiger partial charge in [0.15, 0.2) is 6.04 Å². The molecule has 1 saturated carbocycles. The maximum absolute atomic E-state index is 13.0. The number of carbonyl (C=O) groups excluding carboxylic acids is 1. The fourth-order valence-electron chi connectivity index (χ4n) is 2.93. The Hall–Kier alpha value is -1.13. The van der Waals surface area contributed by atoms with Gasteiger partial charge in [-0.25, -0.2) is 4.39 Å². The van der Waals surface area contributed by atoms with Crippen molar-refractivity contribution in [2.24, 2.45) is 5.92 Å². The normalized spacial score (nSPS) is 23.6. The molecule has 0 radical (unpaired) electrons. The molecule has 1 aromatic rings. The molecule has 1 aromatic carbocycles. The summed E-state index contributed by atoms with van der Waals surface area (Å²) in [5.41, 5.74) is 0.458. The SMILES string of the molecule is C[C@H]([NH2+][C@H]1CCCC[C@@H]1C)C(=O)Nc1ccc(F)cc1Cl. The molecule has 0 spiro atoms. The molecule has 0 heterocycles. The molecule has 1 aliphatic rings. The standard InChI is InChI=1S/C16H22ClFN2O/c1-10-5-3-4-6-14(10)19-11(2)16(21)20-15-8-7-12(18)9-13(15)17/h7-11,14,19H,3-6H2,1-2H3,(H,20,21)/p+1/t10-,11-,14-/m0/s1. The van der Waals surface area contributed by atoms with E-state index in [1.54, 1.807) is 0 Å². The van der Waals surface area contributed by atoms with Gasteiger partial charge < -0.3 is 10.6 Å². The lowest BCUT2D eigenvalue weighted by Crippen LogP contribution is -2.97. The molecule has 5 heteroatoms. The zero-order valence-corrected chi connectivity index (χ0v) is 13.3. The van der Waals surface area contributed by atoms with Crippen LogP contribution in [0.3, 0.4) is 0 Å². The number of benzene rings is 1. The smallest absolute Gasteiger partial charge is 0.282 e. The quantitative estimate of drug-likeness (QED) is 0.882. The molecule has 0 saturated heterocycles. The fourth-order valence-corrected chi connectivity index (χ4v) is 3.14. The predicted molar refractivity (Wildman–Crippen MR) is 82.8 cm³/mol. The first kappa shape index (κ1) is 16.2. The Labute approximate surface area is 130 Å². The van der Waals surface area contributed by atoms with Crippen molar-refractivity contribution >= 4 is 23.2 Å². The predicted octanol–water partition coefficient (Wildman–Crippen LogP) is 2.95. The van der Waals surface area contributed by atoms with E-state index >= 15 is 0 Å². The van der Waals surface area contributed by atoms with Crippen molar-refractivity contribution < 1.29 is 14.5 Å². The first-order valence-corrected chi connectivity index (χ1v) is 7.96. The van der Waals surface area contributed by atoms with Gasteiger partial charge in [-0.3, -0.25) is 4.79 Å². The Kier molecular flexibility index (Phi) is 5.59. The number of carbonyl (C=O) groups is 1. The highest BCUT2D eigenvalue weighted by molar-refractivity contribution is 6.33. The van der Waals surface area contributed by atoms with E-state index < -0.39 is 5.82 Å². The van der Waals surface area contributed by atoms with Gasteiger partial charge in [-0.1, -0.05) is 24.9 Å². The van der Waals surface area contributed by atoms with E-state index in [-0.39, 0.29) is 17.0 Å². The first-order valence-electron chi connectivity index (χ1n) is 7.58. The number of amides is 1. The highest BCUT2D eigenvalue weighted by Gasteiger charge is 2.28. The monoisotopic (exact) mass is 313 g/mol. The van der Waals surface area contributed by atoms with Gasteiger partial charge >= 0.3 is 0 Å². The number of quaternary nitrogens is 1. The number of hydrogen-bond acceptors (Lipinski definition) is 1. The minimum atomic E-state index is -0.409. The summed E-state index contributed by atoms with van der Waals surface area (Å²) in [4.78, 5) is 12.2. The Morgan fingerprint density at radius 3 is 2.81 bits per heavy atom. The minimum absolute atomic E-state index is 0.0960. The molecule has 1 amide bonds. The van der Waals surface area contributed by atoms with E-state index in [1.807, 2.05) is 6.92 Å². The summed E-state index contributed by atoms with van der Waals surface area (Å²) in [6.45, 7) is 4.15. The molecule has 1 aliphatic carbocycles. The van der Waals surface area contributed by atoms with E-state index in [0.29, 0.717) is 17.6 Å². The largest absolute Gasteiger partial charge is 0.334 e. The van der Waals surface area contributed by atoms with Crippen molar-refractivity contribution in [3.8, 4) is 0 Å². The van der Waals surface area contributed by atoms with E-state index in [1.165, 1.54) is 37.5 Å². The molecule has 1 fully saturated rings. The molecule has 3 atom stereocenters. The number of rotatable bonds is 4. The van der Waals surface area contributed by atoms with Crippen LogP contribution in [0.15, 0.2) is 18.2 Å². The van der Waals surface area contributed by atoms with E-state index in [0.717, 1.165) is 6.42 Å². The summed E-state index contributed by atoms with van der Waals surface area (Å²) >= 11 is 5.93. The molecule has 116 valence electrons. The van der Waals surface area contributed by atoms with E-state index in [4.69, 9.17) is 11.6 Å². The Morgan fingerprint density at radius 1 is 1.43 bits per heavy atom. The third kappa shape index (κ3) is 4.42. The number of nitrogens with one attached hydrogen (secondary N) is 1. The van der Waals surface area contributed by atoms with Crippen LogP contribution in [0.25, 0.3) is 0 Å². The van der Waals surface area contributed by atoms with Gasteiger partial charge in [0.05, 0.1) is 16.8 Å². The zero-order chi connectivity index (χ0) is 15.4. The molecule has 3 N–H and O–H groups in total. The number of halogens is 2. The molecule has 0 unspecified atom stereocenters. The minimum Gasteiger partial charge on any atom is -0.334 e. The van der Waals surface area contributed by atoms with Gasteiger partial charge in [0.1, 0.15) is 5.82 Å². The maximum atomic E-state index is 13.0. The lowest BCUT2D eigenvalue weighted by atomic mass is 9.85. The van der Waals surface area contributed by atoms with E-state index in [2.05, 4.69) is 17.6 Å². The van der Waals surface area contributed by atoms with Crippen molar-refractivity contribution in [1.29, 1.82) is 0 Å². The molecule has 0 aromatic heterocycles. The van der Waals surface area contributed by atoms with Crippen molar-refractivity contribution in [2.75, 3.05) is 5.32 Å². The van der Waals surface area contributed by atoms with Gasteiger partial charge in [-0.15, -0.1) is 0 Å². The lowest BCUT2D eigenvalue weighted by molar-refractivity contribution is -0.714. The number of nitrogens with two attached hydrogens (primary N) is 1. The van der Waals surface area contributed by atoms with Crippen LogP contribution >= 0.6 is 11.6 Å². The highest BCUT2D eigenvalue weighted by atomic mass is 35.5. The topological polar surface area (TPSA) is 45.7 Å². The third-order valence-electron chi connectivity index (χ3n) is 4.32.